The summed E-state index contributed by atoms with van der Waals surface area (Å²) in [4.78, 5) is 15.0. The maximum atomic E-state index is 13.0. The number of rotatable bonds is 5. The summed E-state index contributed by atoms with van der Waals surface area (Å²) in [6, 6.07) is 0.113. The molecule has 0 aromatic heterocycles. The lowest BCUT2D eigenvalue weighted by molar-refractivity contribution is -0.122. The topological polar surface area (TPSA) is 66.5 Å². The van der Waals surface area contributed by atoms with Crippen LogP contribution in [0.1, 0.15) is 58.8 Å². The van der Waals surface area contributed by atoms with Gasteiger partial charge in [0.1, 0.15) is 5.25 Å². The van der Waals surface area contributed by atoms with Gasteiger partial charge in [0.05, 0.1) is 5.25 Å². The summed E-state index contributed by atoms with van der Waals surface area (Å²) in [6.07, 6.45) is 6.27. The average molecular weight is 345 g/mol. The van der Waals surface area contributed by atoms with Gasteiger partial charge in [0.25, 0.3) is 0 Å². The van der Waals surface area contributed by atoms with Crippen molar-refractivity contribution in [2.24, 2.45) is 5.92 Å². The van der Waals surface area contributed by atoms with Crippen molar-refractivity contribution >= 4 is 15.7 Å². The molecule has 0 aromatic rings. The molecule has 1 unspecified atom stereocenters. The minimum Gasteiger partial charge on any atom is -0.352 e. The molecule has 0 spiro atoms. The molecular weight excluding hydrogens is 312 g/mol. The first-order valence-electron chi connectivity index (χ1n) is 9.04. The van der Waals surface area contributed by atoms with Gasteiger partial charge in [0, 0.05) is 6.04 Å². The van der Waals surface area contributed by atoms with E-state index in [0.717, 1.165) is 45.2 Å². The van der Waals surface area contributed by atoms with Crippen molar-refractivity contribution in [1.82, 2.24) is 10.2 Å². The number of carbonyl (C=O) groups excluding carboxylic acids is 1. The molecule has 1 heterocycles. The third-order valence-electron chi connectivity index (χ3n) is 5.30. The number of hydrogen-bond donors (Lipinski definition) is 1. The molecule has 23 heavy (non-hydrogen) atoms. The second kappa shape index (κ2) is 7.97. The second-order valence-electron chi connectivity index (χ2n) is 7.60. The van der Waals surface area contributed by atoms with Crippen molar-refractivity contribution in [3.8, 4) is 0 Å². The minimum absolute atomic E-state index is 0.113. The molecule has 0 aromatic carbocycles. The van der Waals surface area contributed by atoms with Crippen LogP contribution in [0, 0.1) is 5.92 Å². The van der Waals surface area contributed by atoms with Crippen molar-refractivity contribution in [1.29, 1.82) is 0 Å². The van der Waals surface area contributed by atoms with Crippen LogP contribution in [0.15, 0.2) is 0 Å². The molecule has 2 fully saturated rings. The maximum absolute atomic E-state index is 13.0. The molecule has 5 nitrogen and oxygen atoms in total. The number of sulfone groups is 1. The fourth-order valence-corrected chi connectivity index (χ4v) is 6.40. The smallest absolute Gasteiger partial charge is 0.238 e. The summed E-state index contributed by atoms with van der Waals surface area (Å²) in [5, 5.41) is 1.80. The van der Waals surface area contributed by atoms with Crippen LogP contribution in [0.25, 0.3) is 0 Å². The number of nitrogens with zero attached hydrogens (tertiary/aromatic N) is 1. The van der Waals surface area contributed by atoms with Crippen molar-refractivity contribution in [2.45, 2.75) is 75.3 Å². The Morgan fingerprint density at radius 1 is 1.04 bits per heavy atom. The lowest BCUT2D eigenvalue weighted by atomic mass is 10.0. The van der Waals surface area contributed by atoms with Crippen LogP contribution in [0.5, 0.6) is 0 Å². The van der Waals surface area contributed by atoms with Crippen LogP contribution in [0.3, 0.4) is 0 Å². The number of nitrogens with one attached hydrogen (secondary N) is 1. The van der Waals surface area contributed by atoms with Crippen molar-refractivity contribution in [3.05, 3.63) is 0 Å². The normalized spacial score (nSPS) is 23.8. The van der Waals surface area contributed by atoms with Gasteiger partial charge in [-0.05, 0) is 51.7 Å². The van der Waals surface area contributed by atoms with E-state index in [9.17, 15) is 13.2 Å². The van der Waals surface area contributed by atoms with E-state index in [2.05, 4.69) is 17.3 Å². The zero-order valence-corrected chi connectivity index (χ0v) is 15.6. The fourth-order valence-electron chi connectivity index (χ4n) is 3.87. The number of piperidine rings is 1. The molecule has 2 rings (SSSR count). The largest absolute Gasteiger partial charge is 0.352 e. The lowest BCUT2D eigenvalue weighted by Crippen LogP contribution is -2.52. The van der Waals surface area contributed by atoms with Gasteiger partial charge in [0.2, 0.25) is 5.91 Å². The van der Waals surface area contributed by atoms with E-state index in [1.54, 1.807) is 0 Å². The summed E-state index contributed by atoms with van der Waals surface area (Å²) in [6.45, 7) is 5.60. The van der Waals surface area contributed by atoms with Crippen LogP contribution >= 0.6 is 0 Å². The molecule has 1 aliphatic heterocycles. The maximum Gasteiger partial charge on any atom is 0.238 e. The molecule has 1 aliphatic carbocycles. The van der Waals surface area contributed by atoms with E-state index in [1.807, 2.05) is 13.8 Å². The van der Waals surface area contributed by atoms with Gasteiger partial charge < -0.3 is 10.2 Å². The zero-order valence-electron chi connectivity index (χ0n) is 14.8. The monoisotopic (exact) mass is 344 g/mol. The molecule has 2 aliphatic rings. The molecule has 0 radical (unpaired) electrons. The van der Waals surface area contributed by atoms with E-state index in [4.69, 9.17) is 0 Å². The third kappa shape index (κ3) is 4.69. The quantitative estimate of drug-likeness (QED) is 0.828. The number of amides is 1. The van der Waals surface area contributed by atoms with Gasteiger partial charge >= 0.3 is 0 Å². The molecule has 1 amide bonds. The molecule has 1 saturated carbocycles. The molecule has 0 bridgehead atoms. The summed E-state index contributed by atoms with van der Waals surface area (Å²) < 4.78 is 26.0. The molecule has 1 N–H and O–H groups in total. The highest BCUT2D eigenvalue weighted by Crippen LogP contribution is 2.29. The van der Waals surface area contributed by atoms with Gasteiger partial charge in [-0.2, -0.15) is 0 Å². The van der Waals surface area contributed by atoms with E-state index < -0.39 is 15.1 Å². The predicted molar refractivity (Wildman–Crippen MR) is 93.1 cm³/mol. The minimum atomic E-state index is -3.41. The summed E-state index contributed by atoms with van der Waals surface area (Å²) in [7, 11) is -1.33. The lowest BCUT2D eigenvalue weighted by Gasteiger charge is -2.32. The molecule has 134 valence electrons. The predicted octanol–water partition coefficient (Wildman–Crippen LogP) is 1.97. The van der Waals surface area contributed by atoms with Gasteiger partial charge in [0.15, 0.2) is 9.84 Å². The number of likely N-dealkylation sites (tertiary alicyclic amines) is 1. The van der Waals surface area contributed by atoms with Gasteiger partial charge in [-0.15, -0.1) is 0 Å². The van der Waals surface area contributed by atoms with E-state index in [-0.39, 0.29) is 23.1 Å². The van der Waals surface area contributed by atoms with Gasteiger partial charge in [-0.1, -0.05) is 33.1 Å². The van der Waals surface area contributed by atoms with Crippen LogP contribution < -0.4 is 5.32 Å². The summed E-state index contributed by atoms with van der Waals surface area (Å²) in [5.41, 5.74) is 0. The molecule has 6 heteroatoms. The first-order chi connectivity index (χ1) is 10.8. The van der Waals surface area contributed by atoms with E-state index >= 15 is 0 Å². The van der Waals surface area contributed by atoms with Crippen molar-refractivity contribution < 1.29 is 13.2 Å². The molecular formula is C17H32N2O3S. The Morgan fingerprint density at radius 3 is 2.13 bits per heavy atom. The van der Waals surface area contributed by atoms with Crippen LogP contribution in [0.4, 0.5) is 0 Å². The first-order valence-corrected chi connectivity index (χ1v) is 10.6. The molecule has 1 saturated heterocycles. The fraction of sp³-hybridized carbons (Fsp3) is 0.941. The average Bonchev–Trinajstić information content (AvgIpc) is 2.50. The van der Waals surface area contributed by atoms with Crippen LogP contribution in [0.2, 0.25) is 0 Å². The standard InChI is InChI=1S/C17H32N2O3S/c1-13(2)16(23(21,22)15-7-5-4-6-8-15)17(20)18-14-9-11-19(3)12-10-14/h13-16H,4-12H2,1-3H3,(H,18,20). The number of hydrogen-bond acceptors (Lipinski definition) is 4. The van der Waals surface area contributed by atoms with Crippen LogP contribution in [-0.2, 0) is 14.6 Å². The molecule has 1 atom stereocenters. The highest BCUT2D eigenvalue weighted by molar-refractivity contribution is 7.93. The SMILES string of the molecule is CC(C)C(C(=O)NC1CCN(C)CC1)S(=O)(=O)C1CCCCC1. The number of carbonyl (C=O) groups is 1. The zero-order chi connectivity index (χ0) is 17.0. The van der Waals surface area contributed by atoms with Crippen molar-refractivity contribution in [2.75, 3.05) is 20.1 Å². The van der Waals surface area contributed by atoms with Crippen LogP contribution in [-0.4, -0.2) is 55.9 Å². The Hall–Kier alpha value is -0.620. The highest BCUT2D eigenvalue weighted by atomic mass is 32.2. The Morgan fingerprint density at radius 2 is 1.61 bits per heavy atom. The van der Waals surface area contributed by atoms with Gasteiger partial charge in [-0.25, -0.2) is 8.42 Å². The summed E-state index contributed by atoms with van der Waals surface area (Å²) in [5.74, 6) is -0.465. The second-order valence-corrected chi connectivity index (χ2v) is 9.95. The van der Waals surface area contributed by atoms with Crippen molar-refractivity contribution in [3.63, 3.8) is 0 Å². The van der Waals surface area contributed by atoms with Gasteiger partial charge in [-0.3, -0.25) is 4.79 Å². The first kappa shape index (κ1) is 18.7. The highest BCUT2D eigenvalue weighted by Gasteiger charge is 2.41. The van der Waals surface area contributed by atoms with E-state index in [0.29, 0.717) is 12.8 Å². The van der Waals surface area contributed by atoms with E-state index in [1.165, 1.54) is 0 Å². The Bertz CT molecular complexity index is 490. The Labute approximate surface area is 141 Å². The third-order valence-corrected chi connectivity index (χ3v) is 8.17. The summed E-state index contributed by atoms with van der Waals surface area (Å²) >= 11 is 0. The Kier molecular flexibility index (Phi) is 6.48. The Balaban J connectivity index is 2.06.